The second-order valence-electron chi connectivity index (χ2n) is 13.7. The molecule has 1 heterocycles. The first-order valence-corrected chi connectivity index (χ1v) is 13.8. The van der Waals surface area contributed by atoms with Crippen molar-refractivity contribution < 1.29 is 28.8 Å². The van der Waals surface area contributed by atoms with E-state index >= 15 is 0 Å². The average molecular weight is 606 g/mol. The summed E-state index contributed by atoms with van der Waals surface area (Å²) in [6.07, 6.45) is 0. The van der Waals surface area contributed by atoms with E-state index in [4.69, 9.17) is 28.9 Å². The second kappa shape index (κ2) is 11.3. The van der Waals surface area contributed by atoms with Gasteiger partial charge in [0.1, 0.15) is 22.5 Å². The Morgan fingerprint density at radius 1 is 0.900 bits per heavy atom. The predicted molar refractivity (Wildman–Crippen MR) is 150 cm³/mol. The van der Waals surface area contributed by atoms with Crippen LogP contribution in [0.4, 0.5) is 4.79 Å². The highest BCUT2D eigenvalue weighted by Crippen LogP contribution is 2.65. The van der Waals surface area contributed by atoms with Crippen molar-refractivity contribution in [1.82, 2.24) is 26.2 Å². The molecule has 226 valence electrons. The van der Waals surface area contributed by atoms with E-state index in [9.17, 15) is 28.8 Å². The van der Waals surface area contributed by atoms with Gasteiger partial charge in [0.2, 0.25) is 23.5 Å². The number of rotatable bonds is 8. The number of carbonyl (C=O) groups excluding carboxylic acids is 6. The molecule has 6 amide bonds. The highest BCUT2D eigenvalue weighted by Gasteiger charge is 2.74. The molecular formula is C26H42Cl2N6O6. The zero-order valence-corrected chi connectivity index (χ0v) is 26.0. The summed E-state index contributed by atoms with van der Waals surface area (Å²) < 4.78 is -1.24. The zero-order valence-electron chi connectivity index (χ0n) is 24.5. The SMILES string of the molecule is CC(C)(C)NC(=O)[C@@H](NC(=O)N[C@H](C(=O)N1C[C@H]2[C@@H]([C@H]1C(=O)NCC(=O)C(N)=O)C2(Cl)Cl)C(C)(C)C)C(C)(C)C. The number of likely N-dealkylation sites (tertiary alicyclic amines) is 1. The van der Waals surface area contributed by atoms with E-state index < -0.39 is 86.7 Å². The lowest BCUT2D eigenvalue weighted by molar-refractivity contribution is -0.143. The van der Waals surface area contributed by atoms with Crippen LogP contribution in [0.25, 0.3) is 0 Å². The molecule has 2 fully saturated rings. The zero-order chi connectivity index (χ0) is 31.2. The molecular weight excluding hydrogens is 563 g/mol. The first-order chi connectivity index (χ1) is 17.9. The minimum absolute atomic E-state index is 0.0484. The third kappa shape index (κ3) is 7.78. The Labute approximate surface area is 245 Å². The fourth-order valence-corrected chi connectivity index (χ4v) is 5.55. The van der Waals surface area contributed by atoms with Gasteiger partial charge in [-0.2, -0.15) is 0 Å². The third-order valence-corrected chi connectivity index (χ3v) is 7.94. The highest BCUT2D eigenvalue weighted by atomic mass is 35.5. The molecule has 0 spiro atoms. The Morgan fingerprint density at radius 2 is 1.40 bits per heavy atom. The standard InChI is InChI=1S/C26H42Cl2N6O6/c1-23(2,3)16(20(38)33-25(7,8)9)31-22(40)32-17(24(4,5)6)21(39)34-11-12-14(26(12,27)28)15(34)19(37)30-10-13(35)18(29)36/h12,14-17H,10-11H2,1-9H3,(H2,29,36)(H,30,37)(H,33,38)(H2,31,32,40)/t12-,14-,15-,16+,17+/m0/s1. The summed E-state index contributed by atoms with van der Waals surface area (Å²) in [5, 5.41) is 10.6. The molecule has 0 aromatic carbocycles. The molecule has 5 atom stereocenters. The molecule has 2 rings (SSSR count). The van der Waals surface area contributed by atoms with Gasteiger partial charge in [0.05, 0.1) is 6.54 Å². The lowest BCUT2D eigenvalue weighted by Gasteiger charge is -2.38. The molecule has 0 unspecified atom stereocenters. The molecule has 0 aromatic rings. The minimum Gasteiger partial charge on any atom is -0.363 e. The van der Waals surface area contributed by atoms with Crippen molar-refractivity contribution in [3.63, 3.8) is 0 Å². The summed E-state index contributed by atoms with van der Waals surface area (Å²) in [5.74, 6) is -4.88. The summed E-state index contributed by atoms with van der Waals surface area (Å²) in [5.41, 5.74) is 2.96. The van der Waals surface area contributed by atoms with Crippen molar-refractivity contribution in [2.24, 2.45) is 28.4 Å². The molecule has 2 aliphatic rings. The fraction of sp³-hybridized carbons (Fsp3) is 0.769. The Hall–Kier alpha value is -2.60. The quantitative estimate of drug-likeness (QED) is 0.202. The van der Waals surface area contributed by atoms with E-state index in [1.165, 1.54) is 4.90 Å². The number of ketones is 1. The number of fused-ring (bicyclic) bond motifs is 1. The number of amides is 6. The van der Waals surface area contributed by atoms with E-state index in [2.05, 4.69) is 21.3 Å². The minimum atomic E-state index is -1.24. The van der Waals surface area contributed by atoms with Crippen molar-refractivity contribution >= 4 is 58.6 Å². The van der Waals surface area contributed by atoms with Gasteiger partial charge in [-0.3, -0.25) is 24.0 Å². The summed E-state index contributed by atoms with van der Waals surface area (Å²) >= 11 is 12.7. The van der Waals surface area contributed by atoms with Crippen LogP contribution in [-0.2, 0) is 24.0 Å². The summed E-state index contributed by atoms with van der Waals surface area (Å²) in [4.78, 5) is 77.1. The summed E-state index contributed by atoms with van der Waals surface area (Å²) in [7, 11) is 0. The first kappa shape index (κ1) is 33.6. The monoisotopic (exact) mass is 604 g/mol. The van der Waals surface area contributed by atoms with Gasteiger partial charge in [0.15, 0.2) is 0 Å². The molecule has 0 bridgehead atoms. The fourth-order valence-electron chi connectivity index (χ4n) is 4.73. The molecule has 1 aliphatic heterocycles. The number of nitrogens with one attached hydrogen (secondary N) is 4. The van der Waals surface area contributed by atoms with Crippen LogP contribution in [0.2, 0.25) is 0 Å². The largest absolute Gasteiger partial charge is 0.363 e. The molecule has 1 aliphatic carbocycles. The van der Waals surface area contributed by atoms with Crippen LogP contribution in [0.1, 0.15) is 62.3 Å². The number of urea groups is 1. The Balaban J connectivity index is 2.27. The van der Waals surface area contributed by atoms with Gasteiger partial charge in [-0.05, 0) is 31.6 Å². The van der Waals surface area contributed by atoms with Crippen LogP contribution in [0, 0.1) is 22.7 Å². The van der Waals surface area contributed by atoms with Gasteiger partial charge in [0.25, 0.3) is 5.91 Å². The number of piperidine rings is 1. The van der Waals surface area contributed by atoms with Gasteiger partial charge < -0.3 is 31.9 Å². The summed E-state index contributed by atoms with van der Waals surface area (Å²) in [6, 6.07) is -3.91. The molecule has 0 aromatic heterocycles. The smallest absolute Gasteiger partial charge is 0.316 e. The van der Waals surface area contributed by atoms with Crippen LogP contribution in [0.15, 0.2) is 0 Å². The summed E-state index contributed by atoms with van der Waals surface area (Å²) in [6.45, 7) is 15.5. The van der Waals surface area contributed by atoms with E-state index in [0.29, 0.717) is 0 Å². The van der Waals surface area contributed by atoms with Crippen LogP contribution in [0.3, 0.4) is 0 Å². The lowest BCUT2D eigenvalue weighted by atomic mass is 9.85. The van der Waals surface area contributed by atoms with Gasteiger partial charge >= 0.3 is 6.03 Å². The van der Waals surface area contributed by atoms with Crippen molar-refractivity contribution in [2.75, 3.05) is 13.1 Å². The maximum atomic E-state index is 13.9. The molecule has 0 radical (unpaired) electrons. The Bertz CT molecular complexity index is 1080. The van der Waals surface area contributed by atoms with Gasteiger partial charge in [-0.1, -0.05) is 41.5 Å². The van der Waals surface area contributed by atoms with E-state index in [0.717, 1.165) is 0 Å². The third-order valence-electron chi connectivity index (χ3n) is 6.87. The van der Waals surface area contributed by atoms with Crippen LogP contribution in [-0.4, -0.2) is 81.4 Å². The van der Waals surface area contributed by atoms with Crippen molar-refractivity contribution in [3.8, 4) is 0 Å². The molecule has 1 saturated carbocycles. The van der Waals surface area contributed by atoms with Crippen molar-refractivity contribution in [1.29, 1.82) is 0 Å². The number of nitrogens with two attached hydrogens (primary N) is 1. The number of hydrogen-bond acceptors (Lipinski definition) is 6. The van der Waals surface area contributed by atoms with Gasteiger partial charge in [-0.15, -0.1) is 23.2 Å². The number of primary amides is 1. The molecule has 12 nitrogen and oxygen atoms in total. The number of nitrogens with zero attached hydrogens (tertiary/aromatic N) is 1. The molecule has 40 heavy (non-hydrogen) atoms. The number of alkyl halides is 2. The van der Waals surface area contributed by atoms with Crippen molar-refractivity contribution in [2.45, 2.75) is 90.3 Å². The van der Waals surface area contributed by atoms with Gasteiger partial charge in [0, 0.05) is 23.9 Å². The second-order valence-corrected chi connectivity index (χ2v) is 15.1. The molecule has 14 heteroatoms. The van der Waals surface area contributed by atoms with E-state index in [-0.39, 0.29) is 12.5 Å². The molecule has 6 N–H and O–H groups in total. The Kier molecular flexibility index (Phi) is 9.53. The number of halogens is 2. The van der Waals surface area contributed by atoms with Crippen molar-refractivity contribution in [3.05, 3.63) is 0 Å². The lowest BCUT2D eigenvalue weighted by Crippen LogP contribution is -2.63. The molecule has 1 saturated heterocycles. The van der Waals surface area contributed by atoms with E-state index in [1.807, 2.05) is 20.8 Å². The van der Waals surface area contributed by atoms with E-state index in [1.54, 1.807) is 41.5 Å². The van der Waals surface area contributed by atoms with Crippen LogP contribution in [0.5, 0.6) is 0 Å². The normalized spacial score (nSPS) is 23.3. The van der Waals surface area contributed by atoms with Gasteiger partial charge in [-0.25, -0.2) is 4.79 Å². The van der Waals surface area contributed by atoms with Crippen LogP contribution >= 0.6 is 23.2 Å². The maximum Gasteiger partial charge on any atom is 0.316 e. The highest BCUT2D eigenvalue weighted by molar-refractivity contribution is 6.51. The Morgan fingerprint density at radius 3 is 1.85 bits per heavy atom. The predicted octanol–water partition coefficient (Wildman–Crippen LogP) is 0.831. The number of carbonyl (C=O) groups is 6. The maximum absolute atomic E-state index is 13.9. The average Bonchev–Trinajstić information content (AvgIpc) is 3.10. The first-order valence-electron chi connectivity index (χ1n) is 13.1. The topological polar surface area (TPSA) is 180 Å². The number of Topliss-reactive ketones (excluding diaryl/α,β-unsaturated/α-hetero) is 1. The number of hydrogen-bond donors (Lipinski definition) is 5. The van der Waals surface area contributed by atoms with Crippen LogP contribution < -0.4 is 27.0 Å².